The first-order chi connectivity index (χ1) is 9.72. The fourth-order valence-electron chi connectivity index (χ4n) is 2.12. The zero-order valence-corrected chi connectivity index (χ0v) is 12.4. The molecule has 1 atom stereocenters. The summed E-state index contributed by atoms with van der Waals surface area (Å²) in [7, 11) is 0. The van der Waals surface area contributed by atoms with Gasteiger partial charge >= 0.3 is 0 Å². The van der Waals surface area contributed by atoms with E-state index in [2.05, 4.69) is 45.8 Å². The molecule has 2 aromatic heterocycles. The highest BCUT2D eigenvalue weighted by Crippen LogP contribution is 2.18. The molecule has 1 unspecified atom stereocenters. The number of aryl methyl sites for hydroxylation is 1. The van der Waals surface area contributed by atoms with Gasteiger partial charge in [0.05, 0.1) is 17.3 Å². The Labute approximate surface area is 122 Å². The van der Waals surface area contributed by atoms with Gasteiger partial charge in [-0.1, -0.05) is 24.3 Å². The Balaban J connectivity index is 1.70. The molecule has 4 heteroatoms. The summed E-state index contributed by atoms with van der Waals surface area (Å²) < 4.78 is 0. The number of hydrogen-bond acceptors (Lipinski definition) is 4. The first-order valence-corrected chi connectivity index (χ1v) is 7.60. The van der Waals surface area contributed by atoms with Crippen molar-refractivity contribution in [3.63, 3.8) is 0 Å². The van der Waals surface area contributed by atoms with Crippen molar-refractivity contribution in [3.8, 4) is 0 Å². The van der Waals surface area contributed by atoms with Gasteiger partial charge in [0, 0.05) is 23.0 Å². The van der Waals surface area contributed by atoms with E-state index >= 15 is 0 Å². The van der Waals surface area contributed by atoms with E-state index in [4.69, 9.17) is 0 Å². The van der Waals surface area contributed by atoms with E-state index in [-0.39, 0.29) is 6.04 Å². The molecular weight excluding hydrogens is 266 g/mol. The normalized spacial score (nSPS) is 12.7. The molecule has 20 heavy (non-hydrogen) atoms. The van der Waals surface area contributed by atoms with E-state index in [1.165, 1.54) is 5.39 Å². The van der Waals surface area contributed by atoms with E-state index in [9.17, 15) is 0 Å². The Hall–Kier alpha value is -1.78. The van der Waals surface area contributed by atoms with Crippen LogP contribution in [0.1, 0.15) is 29.4 Å². The van der Waals surface area contributed by atoms with Crippen molar-refractivity contribution in [2.45, 2.75) is 26.4 Å². The minimum Gasteiger partial charge on any atom is -0.302 e. The maximum atomic E-state index is 4.67. The minimum atomic E-state index is 0.252. The van der Waals surface area contributed by atoms with Gasteiger partial charge in [-0.25, -0.2) is 4.98 Å². The highest BCUT2D eigenvalue weighted by molar-refractivity contribution is 7.09. The number of hydrogen-bond donors (Lipinski definition) is 1. The quantitative estimate of drug-likeness (QED) is 0.790. The first-order valence-electron chi connectivity index (χ1n) is 6.72. The van der Waals surface area contributed by atoms with Crippen molar-refractivity contribution in [2.75, 3.05) is 0 Å². The predicted octanol–water partition coefficient (Wildman–Crippen LogP) is 3.85. The second kappa shape index (κ2) is 5.69. The summed E-state index contributed by atoms with van der Waals surface area (Å²) in [5, 5.41) is 7.87. The van der Waals surface area contributed by atoms with Crippen molar-refractivity contribution < 1.29 is 0 Å². The van der Waals surface area contributed by atoms with Gasteiger partial charge in [-0.3, -0.25) is 4.98 Å². The molecular formula is C16H17N3S. The molecule has 0 saturated heterocycles. The molecule has 1 N–H and O–H groups in total. The van der Waals surface area contributed by atoms with Gasteiger partial charge in [0.25, 0.3) is 0 Å². The molecule has 2 heterocycles. The molecule has 3 rings (SSSR count). The molecule has 0 saturated carbocycles. The van der Waals surface area contributed by atoms with E-state index in [0.717, 1.165) is 28.5 Å². The SMILES string of the molecule is Cc1csc(C(C)NCc2ccc3ccccc3n2)n1. The topological polar surface area (TPSA) is 37.8 Å². The van der Waals surface area contributed by atoms with Gasteiger partial charge in [-0.15, -0.1) is 11.3 Å². The van der Waals surface area contributed by atoms with Gasteiger partial charge in [0.2, 0.25) is 0 Å². The maximum Gasteiger partial charge on any atom is 0.110 e. The van der Waals surface area contributed by atoms with Crippen LogP contribution in [0.2, 0.25) is 0 Å². The number of rotatable bonds is 4. The van der Waals surface area contributed by atoms with Crippen LogP contribution in [0.25, 0.3) is 10.9 Å². The van der Waals surface area contributed by atoms with Crippen molar-refractivity contribution in [1.29, 1.82) is 0 Å². The summed E-state index contributed by atoms with van der Waals surface area (Å²) in [5.74, 6) is 0. The number of pyridine rings is 1. The number of para-hydroxylation sites is 1. The molecule has 3 aromatic rings. The van der Waals surface area contributed by atoms with Crippen LogP contribution >= 0.6 is 11.3 Å². The van der Waals surface area contributed by atoms with Crippen molar-refractivity contribution in [3.05, 3.63) is 58.2 Å². The summed E-state index contributed by atoms with van der Waals surface area (Å²) in [5.41, 5.74) is 3.19. The molecule has 0 aliphatic heterocycles. The smallest absolute Gasteiger partial charge is 0.110 e. The molecule has 102 valence electrons. The summed E-state index contributed by atoms with van der Waals surface area (Å²) in [4.78, 5) is 9.17. The predicted molar refractivity (Wildman–Crippen MR) is 83.8 cm³/mol. The number of nitrogens with zero attached hydrogens (tertiary/aromatic N) is 2. The molecule has 0 radical (unpaired) electrons. The summed E-state index contributed by atoms with van der Waals surface area (Å²) in [6, 6.07) is 12.6. The lowest BCUT2D eigenvalue weighted by molar-refractivity contribution is 0.565. The van der Waals surface area contributed by atoms with Crippen LogP contribution in [0.5, 0.6) is 0 Å². The lowest BCUT2D eigenvalue weighted by Crippen LogP contribution is -2.18. The van der Waals surface area contributed by atoms with Crippen molar-refractivity contribution >= 4 is 22.2 Å². The van der Waals surface area contributed by atoms with Crippen LogP contribution in [-0.2, 0) is 6.54 Å². The molecule has 3 nitrogen and oxygen atoms in total. The third-order valence-electron chi connectivity index (χ3n) is 3.25. The lowest BCUT2D eigenvalue weighted by atomic mass is 10.2. The number of nitrogens with one attached hydrogen (secondary N) is 1. The van der Waals surface area contributed by atoms with Gasteiger partial charge in [0.1, 0.15) is 5.01 Å². The van der Waals surface area contributed by atoms with Gasteiger partial charge < -0.3 is 5.32 Å². The van der Waals surface area contributed by atoms with Crippen molar-refractivity contribution in [1.82, 2.24) is 15.3 Å². The largest absolute Gasteiger partial charge is 0.302 e. The second-order valence-corrected chi connectivity index (χ2v) is 5.81. The van der Waals surface area contributed by atoms with Crippen LogP contribution in [0.4, 0.5) is 0 Å². The Morgan fingerprint density at radius 3 is 2.80 bits per heavy atom. The van der Waals surface area contributed by atoms with E-state index < -0.39 is 0 Å². The molecule has 0 aliphatic carbocycles. The third-order valence-corrected chi connectivity index (χ3v) is 4.40. The fourth-order valence-corrected chi connectivity index (χ4v) is 2.95. The third kappa shape index (κ3) is 2.86. The average molecular weight is 283 g/mol. The standard InChI is InChI=1S/C16H17N3S/c1-11-10-20-16(18-11)12(2)17-9-14-8-7-13-5-3-4-6-15(13)19-14/h3-8,10,12,17H,9H2,1-2H3. The zero-order chi connectivity index (χ0) is 13.9. The first kappa shape index (κ1) is 13.2. The van der Waals surface area contributed by atoms with Crippen LogP contribution < -0.4 is 5.32 Å². The highest BCUT2D eigenvalue weighted by atomic mass is 32.1. The Morgan fingerprint density at radius 1 is 1.15 bits per heavy atom. The fraction of sp³-hybridized carbons (Fsp3) is 0.250. The maximum absolute atomic E-state index is 4.67. The van der Waals surface area contributed by atoms with Crippen LogP contribution in [0.3, 0.4) is 0 Å². The second-order valence-electron chi connectivity index (χ2n) is 4.93. The van der Waals surface area contributed by atoms with Crippen LogP contribution in [0.15, 0.2) is 41.8 Å². The summed E-state index contributed by atoms with van der Waals surface area (Å²) in [6.45, 7) is 4.92. The molecule has 0 aliphatic rings. The molecule has 1 aromatic carbocycles. The van der Waals surface area contributed by atoms with E-state index in [0.29, 0.717) is 0 Å². The summed E-state index contributed by atoms with van der Waals surface area (Å²) in [6.07, 6.45) is 0. The monoisotopic (exact) mass is 283 g/mol. The molecule has 0 amide bonds. The van der Waals surface area contributed by atoms with Crippen LogP contribution in [-0.4, -0.2) is 9.97 Å². The minimum absolute atomic E-state index is 0.252. The Morgan fingerprint density at radius 2 is 2.00 bits per heavy atom. The summed E-state index contributed by atoms with van der Waals surface area (Å²) >= 11 is 1.70. The Bertz CT molecular complexity index is 720. The molecule has 0 spiro atoms. The van der Waals surface area contributed by atoms with Gasteiger partial charge in [-0.05, 0) is 26.0 Å². The van der Waals surface area contributed by atoms with Gasteiger partial charge in [-0.2, -0.15) is 0 Å². The van der Waals surface area contributed by atoms with Crippen LogP contribution in [0, 0.1) is 6.92 Å². The van der Waals surface area contributed by atoms with Gasteiger partial charge in [0.15, 0.2) is 0 Å². The number of benzene rings is 1. The lowest BCUT2D eigenvalue weighted by Gasteiger charge is -2.11. The number of aromatic nitrogens is 2. The highest BCUT2D eigenvalue weighted by Gasteiger charge is 2.09. The zero-order valence-electron chi connectivity index (χ0n) is 11.6. The Kier molecular flexibility index (Phi) is 3.76. The van der Waals surface area contributed by atoms with Crippen molar-refractivity contribution in [2.24, 2.45) is 0 Å². The van der Waals surface area contributed by atoms with E-state index in [1.807, 2.05) is 25.1 Å². The van der Waals surface area contributed by atoms with E-state index in [1.54, 1.807) is 11.3 Å². The number of thiazole rings is 1. The molecule has 0 bridgehead atoms. The number of fused-ring (bicyclic) bond motifs is 1. The molecule has 0 fully saturated rings. The average Bonchev–Trinajstić information content (AvgIpc) is 2.91.